The highest BCUT2D eigenvalue weighted by Crippen LogP contribution is 2.17. The fraction of sp³-hybridized carbons (Fsp3) is 0.706. The molecule has 0 radical (unpaired) electrons. The predicted octanol–water partition coefficient (Wildman–Crippen LogP) is 2.75. The molecule has 21 heavy (non-hydrogen) atoms. The summed E-state index contributed by atoms with van der Waals surface area (Å²) in [6, 6.07) is 5.16. The van der Waals surface area contributed by atoms with E-state index in [1.165, 1.54) is 19.3 Å². The van der Waals surface area contributed by atoms with E-state index in [-0.39, 0.29) is 0 Å². The van der Waals surface area contributed by atoms with Crippen molar-refractivity contribution in [3.63, 3.8) is 0 Å². The van der Waals surface area contributed by atoms with Gasteiger partial charge in [-0.2, -0.15) is 0 Å². The molecule has 1 unspecified atom stereocenters. The van der Waals surface area contributed by atoms with Gasteiger partial charge in [-0.15, -0.1) is 0 Å². The molecule has 1 N–H and O–H groups in total. The van der Waals surface area contributed by atoms with Crippen molar-refractivity contribution in [3.05, 3.63) is 23.5 Å². The van der Waals surface area contributed by atoms with Crippen LogP contribution in [-0.4, -0.2) is 42.2 Å². The normalized spacial score (nSPS) is 19.2. The second-order valence-electron chi connectivity index (χ2n) is 6.31. The lowest BCUT2D eigenvalue weighted by Crippen LogP contribution is -2.45. The number of ether oxygens (including phenoxy) is 1. The van der Waals surface area contributed by atoms with Crippen molar-refractivity contribution in [1.29, 1.82) is 0 Å². The Kier molecular flexibility index (Phi) is 6.00. The Balaban J connectivity index is 2.03. The molecule has 4 heteroatoms. The minimum absolute atomic E-state index is 0.516. The highest BCUT2D eigenvalue weighted by atomic mass is 16.5. The van der Waals surface area contributed by atoms with Crippen molar-refractivity contribution >= 4 is 0 Å². The number of piperidine rings is 1. The molecule has 1 aromatic heterocycles. The number of pyridine rings is 1. The van der Waals surface area contributed by atoms with Gasteiger partial charge in [0.2, 0.25) is 0 Å². The molecule has 0 aliphatic carbocycles. The first kappa shape index (κ1) is 16.2. The molecule has 1 fully saturated rings. The molecular weight excluding hydrogens is 262 g/mol. The second-order valence-corrected chi connectivity index (χ2v) is 6.31. The predicted molar refractivity (Wildman–Crippen MR) is 86.7 cm³/mol. The van der Waals surface area contributed by atoms with Crippen LogP contribution in [0.3, 0.4) is 0 Å². The number of methoxy groups -OCH3 is 1. The van der Waals surface area contributed by atoms with Crippen LogP contribution in [-0.2, 0) is 6.54 Å². The maximum absolute atomic E-state index is 5.36. The number of nitrogens with zero attached hydrogens (tertiary/aromatic N) is 2. The molecule has 4 nitrogen and oxygen atoms in total. The first-order valence-corrected chi connectivity index (χ1v) is 8.07. The number of aryl methyl sites for hydroxylation is 1. The van der Waals surface area contributed by atoms with Crippen LogP contribution >= 0.6 is 0 Å². The Morgan fingerprint density at radius 3 is 2.81 bits per heavy atom. The van der Waals surface area contributed by atoms with Crippen LogP contribution in [0.25, 0.3) is 0 Å². The van der Waals surface area contributed by atoms with E-state index >= 15 is 0 Å². The monoisotopic (exact) mass is 291 g/mol. The molecular formula is C17H29N3O. The van der Waals surface area contributed by atoms with Crippen LogP contribution in [0, 0.1) is 6.92 Å². The van der Waals surface area contributed by atoms with E-state index < -0.39 is 0 Å². The lowest BCUT2D eigenvalue weighted by molar-refractivity contribution is 0.175. The van der Waals surface area contributed by atoms with Crippen LogP contribution < -0.4 is 10.1 Å². The SMILES string of the molecule is COc1cc(C)nc(CN(CC2CCCCN2)C(C)C)c1. The average molecular weight is 291 g/mol. The van der Waals surface area contributed by atoms with Crippen LogP contribution in [0.5, 0.6) is 5.75 Å². The number of hydrogen-bond acceptors (Lipinski definition) is 4. The van der Waals surface area contributed by atoms with Gasteiger partial charge in [-0.3, -0.25) is 9.88 Å². The van der Waals surface area contributed by atoms with Gasteiger partial charge in [0.25, 0.3) is 0 Å². The molecule has 0 saturated carbocycles. The van der Waals surface area contributed by atoms with Crippen LogP contribution in [0.1, 0.15) is 44.5 Å². The zero-order valence-corrected chi connectivity index (χ0v) is 13.9. The van der Waals surface area contributed by atoms with Crippen molar-refractivity contribution < 1.29 is 4.74 Å². The summed E-state index contributed by atoms with van der Waals surface area (Å²) in [7, 11) is 1.71. The molecule has 118 valence electrons. The van der Waals surface area contributed by atoms with E-state index in [0.717, 1.165) is 36.8 Å². The molecule has 0 bridgehead atoms. The van der Waals surface area contributed by atoms with Crippen molar-refractivity contribution in [2.75, 3.05) is 20.2 Å². The fourth-order valence-corrected chi connectivity index (χ4v) is 2.93. The van der Waals surface area contributed by atoms with Crippen LogP contribution in [0.15, 0.2) is 12.1 Å². The Morgan fingerprint density at radius 1 is 1.38 bits per heavy atom. The van der Waals surface area contributed by atoms with Crippen molar-refractivity contribution in [2.24, 2.45) is 0 Å². The minimum Gasteiger partial charge on any atom is -0.497 e. The van der Waals surface area contributed by atoms with E-state index in [9.17, 15) is 0 Å². The number of rotatable bonds is 6. The average Bonchev–Trinajstić information content (AvgIpc) is 2.47. The van der Waals surface area contributed by atoms with Gasteiger partial charge in [-0.05, 0) is 40.2 Å². The van der Waals surface area contributed by atoms with Gasteiger partial charge in [-0.25, -0.2) is 0 Å². The summed E-state index contributed by atoms with van der Waals surface area (Å²) in [6.07, 6.45) is 3.95. The summed E-state index contributed by atoms with van der Waals surface area (Å²) in [4.78, 5) is 7.16. The summed E-state index contributed by atoms with van der Waals surface area (Å²) in [5, 5.41) is 3.64. The molecule has 1 atom stereocenters. The Morgan fingerprint density at radius 2 is 2.19 bits per heavy atom. The van der Waals surface area contributed by atoms with Gasteiger partial charge in [-0.1, -0.05) is 6.42 Å². The molecule has 1 saturated heterocycles. The van der Waals surface area contributed by atoms with Gasteiger partial charge >= 0.3 is 0 Å². The van der Waals surface area contributed by atoms with Gasteiger partial charge < -0.3 is 10.1 Å². The van der Waals surface area contributed by atoms with E-state index in [1.54, 1.807) is 7.11 Å². The van der Waals surface area contributed by atoms with Crippen LogP contribution in [0.4, 0.5) is 0 Å². The number of nitrogens with one attached hydrogen (secondary N) is 1. The second kappa shape index (κ2) is 7.76. The topological polar surface area (TPSA) is 37.4 Å². The lowest BCUT2D eigenvalue weighted by Gasteiger charge is -2.33. The van der Waals surface area contributed by atoms with Crippen molar-refractivity contribution in [3.8, 4) is 5.75 Å². The largest absolute Gasteiger partial charge is 0.497 e. The summed E-state index contributed by atoms with van der Waals surface area (Å²) >= 11 is 0. The smallest absolute Gasteiger partial charge is 0.122 e. The zero-order valence-electron chi connectivity index (χ0n) is 13.9. The summed E-state index contributed by atoms with van der Waals surface area (Å²) in [5.74, 6) is 0.900. The van der Waals surface area contributed by atoms with Gasteiger partial charge in [0.15, 0.2) is 0 Å². The highest BCUT2D eigenvalue weighted by Gasteiger charge is 2.19. The molecule has 1 aromatic rings. The molecule has 2 rings (SSSR count). The van der Waals surface area contributed by atoms with Gasteiger partial charge in [0.05, 0.1) is 12.8 Å². The number of aromatic nitrogens is 1. The standard InChI is InChI=1S/C17H29N3O/c1-13(2)20(11-15-7-5-6-8-18-15)12-16-10-17(21-4)9-14(3)19-16/h9-10,13,15,18H,5-8,11-12H2,1-4H3. The third kappa shape index (κ3) is 4.97. The summed E-state index contributed by atoms with van der Waals surface area (Å²) in [6.45, 7) is 9.68. The molecule has 0 aromatic carbocycles. The summed E-state index contributed by atoms with van der Waals surface area (Å²) < 4.78 is 5.36. The third-order valence-electron chi connectivity index (χ3n) is 4.18. The molecule has 2 heterocycles. The first-order valence-electron chi connectivity index (χ1n) is 8.07. The zero-order chi connectivity index (χ0) is 15.2. The molecule has 1 aliphatic heterocycles. The van der Waals surface area contributed by atoms with Crippen molar-refractivity contribution in [1.82, 2.24) is 15.2 Å². The van der Waals surface area contributed by atoms with E-state index in [2.05, 4.69) is 35.1 Å². The Hall–Kier alpha value is -1.13. The third-order valence-corrected chi connectivity index (χ3v) is 4.18. The van der Waals surface area contributed by atoms with Crippen LogP contribution in [0.2, 0.25) is 0 Å². The Labute approximate surface area is 128 Å². The lowest BCUT2D eigenvalue weighted by atomic mass is 10.0. The first-order chi connectivity index (χ1) is 10.1. The maximum Gasteiger partial charge on any atom is 0.122 e. The van der Waals surface area contributed by atoms with Crippen molar-refractivity contribution in [2.45, 2.75) is 58.7 Å². The molecule has 0 spiro atoms. The van der Waals surface area contributed by atoms with Gasteiger partial charge in [0, 0.05) is 43.0 Å². The maximum atomic E-state index is 5.36. The molecule has 1 aliphatic rings. The fourth-order valence-electron chi connectivity index (χ4n) is 2.93. The van der Waals surface area contributed by atoms with E-state index in [0.29, 0.717) is 12.1 Å². The summed E-state index contributed by atoms with van der Waals surface area (Å²) in [5.41, 5.74) is 2.11. The quantitative estimate of drug-likeness (QED) is 0.874. The van der Waals surface area contributed by atoms with E-state index in [4.69, 9.17) is 4.74 Å². The van der Waals surface area contributed by atoms with E-state index in [1.807, 2.05) is 13.0 Å². The minimum atomic E-state index is 0.516. The molecule has 0 amide bonds. The highest BCUT2D eigenvalue weighted by molar-refractivity contribution is 5.26. The number of hydrogen-bond donors (Lipinski definition) is 1. The van der Waals surface area contributed by atoms with Gasteiger partial charge in [0.1, 0.15) is 5.75 Å². The Bertz CT molecular complexity index is 442.